The SMILES string of the molecule is CCOc1cc(CNc2ccc3[nH]c(=O)[nH]c3c2)cc(Br)c1OCC.[Cl-]. The topological polar surface area (TPSA) is 79.1 Å². The number of H-pyrrole nitrogens is 2. The molecule has 0 bridgehead atoms. The number of rotatable bonds is 7. The Morgan fingerprint density at radius 1 is 1.04 bits per heavy atom. The molecule has 0 fully saturated rings. The van der Waals surface area contributed by atoms with Crippen molar-refractivity contribution in [1.29, 1.82) is 0 Å². The first-order valence-electron chi connectivity index (χ1n) is 8.14. The molecule has 0 aliphatic rings. The molecular weight excluding hydrogens is 422 g/mol. The average Bonchev–Trinajstić information content (AvgIpc) is 2.95. The number of hydrogen-bond acceptors (Lipinski definition) is 4. The average molecular weight is 442 g/mol. The molecule has 0 aliphatic carbocycles. The van der Waals surface area contributed by atoms with Crippen LogP contribution in [-0.4, -0.2) is 23.2 Å². The van der Waals surface area contributed by atoms with Crippen LogP contribution in [0, 0.1) is 0 Å². The van der Waals surface area contributed by atoms with Crippen LogP contribution in [0.2, 0.25) is 0 Å². The smallest absolute Gasteiger partial charge is 0.323 e. The van der Waals surface area contributed by atoms with E-state index in [4.69, 9.17) is 9.47 Å². The number of nitrogens with one attached hydrogen (secondary N) is 3. The largest absolute Gasteiger partial charge is 1.00 e. The van der Waals surface area contributed by atoms with E-state index in [1.54, 1.807) is 0 Å². The van der Waals surface area contributed by atoms with E-state index in [1.807, 2.05) is 44.2 Å². The Labute approximate surface area is 165 Å². The fourth-order valence-electron chi connectivity index (χ4n) is 2.62. The van der Waals surface area contributed by atoms with Crippen molar-refractivity contribution in [2.75, 3.05) is 18.5 Å². The molecule has 26 heavy (non-hydrogen) atoms. The summed E-state index contributed by atoms with van der Waals surface area (Å²) in [5.74, 6) is 1.44. The van der Waals surface area contributed by atoms with Crippen LogP contribution in [-0.2, 0) is 6.54 Å². The van der Waals surface area contributed by atoms with Gasteiger partial charge in [-0.2, -0.15) is 0 Å². The summed E-state index contributed by atoms with van der Waals surface area (Å²) in [4.78, 5) is 16.8. The van der Waals surface area contributed by atoms with Crippen molar-refractivity contribution in [3.05, 3.63) is 50.9 Å². The molecule has 8 heteroatoms. The normalized spacial score (nSPS) is 10.4. The molecule has 0 aliphatic heterocycles. The highest BCUT2D eigenvalue weighted by Gasteiger charge is 2.12. The lowest BCUT2D eigenvalue weighted by atomic mass is 10.2. The molecule has 0 atom stereocenters. The predicted octanol–water partition coefficient (Wildman–Crippen LogP) is 1.03. The number of ether oxygens (including phenoxy) is 2. The van der Waals surface area contributed by atoms with Gasteiger partial charge >= 0.3 is 5.69 Å². The van der Waals surface area contributed by atoms with Crippen LogP contribution in [0.4, 0.5) is 5.69 Å². The predicted molar refractivity (Wildman–Crippen MR) is 103 cm³/mol. The van der Waals surface area contributed by atoms with E-state index in [9.17, 15) is 4.79 Å². The summed E-state index contributed by atoms with van der Waals surface area (Å²) in [6.45, 7) is 5.65. The molecule has 140 valence electrons. The third-order valence-corrected chi connectivity index (χ3v) is 4.26. The maximum absolute atomic E-state index is 11.3. The van der Waals surface area contributed by atoms with E-state index < -0.39 is 0 Å². The Balaban J connectivity index is 0.00000243. The van der Waals surface area contributed by atoms with Gasteiger partial charge in [0.2, 0.25) is 0 Å². The van der Waals surface area contributed by atoms with Crippen LogP contribution in [0.15, 0.2) is 39.6 Å². The van der Waals surface area contributed by atoms with Gasteiger partial charge in [-0.1, -0.05) is 0 Å². The Morgan fingerprint density at radius 3 is 2.50 bits per heavy atom. The third kappa shape index (κ3) is 4.53. The molecule has 3 N–H and O–H groups in total. The summed E-state index contributed by atoms with van der Waals surface area (Å²) >= 11 is 3.55. The molecule has 1 aromatic heterocycles. The van der Waals surface area contributed by atoms with Gasteiger partial charge in [0.05, 0.1) is 28.7 Å². The van der Waals surface area contributed by atoms with Gasteiger partial charge in [-0.25, -0.2) is 4.79 Å². The molecule has 0 saturated carbocycles. The van der Waals surface area contributed by atoms with Crippen LogP contribution >= 0.6 is 15.9 Å². The summed E-state index contributed by atoms with van der Waals surface area (Å²) < 4.78 is 12.2. The standard InChI is InChI=1S/C18H20BrN3O3.ClH/c1-3-24-16-8-11(7-13(19)17(16)25-4-2)10-20-12-5-6-14-15(9-12)22-18(23)21-14;/h5-9,20H,3-4,10H2,1-2H3,(H2,21,22,23);1H/p-1. The van der Waals surface area contributed by atoms with Gasteiger partial charge in [0, 0.05) is 12.2 Å². The highest BCUT2D eigenvalue weighted by atomic mass is 79.9. The second kappa shape index (κ2) is 9.00. The first kappa shape index (κ1) is 20.2. The summed E-state index contributed by atoms with van der Waals surface area (Å²) in [5.41, 5.74) is 3.34. The number of anilines is 1. The van der Waals surface area contributed by atoms with E-state index >= 15 is 0 Å². The van der Waals surface area contributed by atoms with Crippen molar-refractivity contribution in [2.24, 2.45) is 0 Å². The van der Waals surface area contributed by atoms with E-state index in [0.717, 1.165) is 38.3 Å². The van der Waals surface area contributed by atoms with Gasteiger partial charge in [-0.05, 0) is 65.7 Å². The number of aromatic amines is 2. The fourth-order valence-corrected chi connectivity index (χ4v) is 3.22. The monoisotopic (exact) mass is 440 g/mol. The van der Waals surface area contributed by atoms with Crippen molar-refractivity contribution >= 4 is 32.7 Å². The summed E-state index contributed by atoms with van der Waals surface area (Å²) in [6, 6.07) is 9.69. The van der Waals surface area contributed by atoms with Crippen LogP contribution in [0.1, 0.15) is 19.4 Å². The van der Waals surface area contributed by atoms with Crippen LogP contribution < -0.4 is 32.9 Å². The second-order valence-electron chi connectivity index (χ2n) is 5.46. The first-order chi connectivity index (χ1) is 12.1. The Bertz CT molecular complexity index is 939. The van der Waals surface area contributed by atoms with Crippen LogP contribution in [0.25, 0.3) is 11.0 Å². The van der Waals surface area contributed by atoms with Gasteiger partial charge in [-0.3, -0.25) is 0 Å². The Kier molecular flexibility index (Phi) is 6.99. The molecule has 0 saturated heterocycles. The van der Waals surface area contributed by atoms with E-state index in [1.165, 1.54) is 0 Å². The lowest BCUT2D eigenvalue weighted by Crippen LogP contribution is -3.00. The minimum Gasteiger partial charge on any atom is -1.00 e. The van der Waals surface area contributed by atoms with Gasteiger partial charge in [0.1, 0.15) is 0 Å². The van der Waals surface area contributed by atoms with Gasteiger partial charge in [-0.15, -0.1) is 0 Å². The van der Waals surface area contributed by atoms with Gasteiger partial charge < -0.3 is 37.2 Å². The zero-order chi connectivity index (χ0) is 17.8. The maximum Gasteiger partial charge on any atom is 0.323 e. The molecule has 6 nitrogen and oxygen atoms in total. The number of halogens is 2. The number of imidazole rings is 1. The molecule has 0 radical (unpaired) electrons. The van der Waals surface area contributed by atoms with E-state index in [0.29, 0.717) is 19.8 Å². The third-order valence-electron chi connectivity index (χ3n) is 3.67. The summed E-state index contributed by atoms with van der Waals surface area (Å²) in [6.07, 6.45) is 0. The highest BCUT2D eigenvalue weighted by Crippen LogP contribution is 2.37. The minimum absolute atomic E-state index is 0. The first-order valence-corrected chi connectivity index (χ1v) is 8.94. The Hall–Kier alpha value is -2.12. The Morgan fingerprint density at radius 2 is 1.77 bits per heavy atom. The number of benzene rings is 2. The quantitative estimate of drug-likeness (QED) is 0.512. The molecule has 3 rings (SSSR count). The molecule has 0 amide bonds. The molecule has 3 aromatic rings. The van der Waals surface area contributed by atoms with Crippen molar-refractivity contribution in [2.45, 2.75) is 20.4 Å². The van der Waals surface area contributed by atoms with E-state index in [2.05, 4.69) is 31.2 Å². The van der Waals surface area contributed by atoms with Crippen molar-refractivity contribution < 1.29 is 21.9 Å². The lowest BCUT2D eigenvalue weighted by molar-refractivity contribution is -0.00000609. The fraction of sp³-hybridized carbons (Fsp3) is 0.278. The number of aromatic nitrogens is 2. The van der Waals surface area contributed by atoms with Crippen molar-refractivity contribution in [3.63, 3.8) is 0 Å². The van der Waals surface area contributed by atoms with Gasteiger partial charge in [0.15, 0.2) is 11.5 Å². The van der Waals surface area contributed by atoms with Crippen molar-refractivity contribution in [3.8, 4) is 11.5 Å². The minimum atomic E-state index is -0.205. The van der Waals surface area contributed by atoms with Crippen molar-refractivity contribution in [1.82, 2.24) is 9.97 Å². The maximum atomic E-state index is 11.3. The number of fused-ring (bicyclic) bond motifs is 1. The zero-order valence-corrected chi connectivity index (χ0v) is 16.8. The molecule has 0 unspecified atom stereocenters. The zero-order valence-electron chi connectivity index (χ0n) is 14.5. The highest BCUT2D eigenvalue weighted by molar-refractivity contribution is 9.10. The van der Waals surface area contributed by atoms with E-state index in [-0.39, 0.29) is 18.1 Å². The lowest BCUT2D eigenvalue weighted by Gasteiger charge is -2.15. The van der Waals surface area contributed by atoms with Gasteiger partial charge in [0.25, 0.3) is 0 Å². The van der Waals surface area contributed by atoms with Crippen LogP contribution in [0.3, 0.4) is 0 Å². The van der Waals surface area contributed by atoms with Crippen LogP contribution in [0.5, 0.6) is 11.5 Å². The number of hydrogen-bond donors (Lipinski definition) is 3. The molecule has 0 spiro atoms. The summed E-state index contributed by atoms with van der Waals surface area (Å²) in [7, 11) is 0. The molecular formula is C18H20BrClN3O3-. The molecule has 2 aromatic carbocycles. The summed E-state index contributed by atoms with van der Waals surface area (Å²) in [5, 5.41) is 3.36. The molecule has 1 heterocycles. The second-order valence-corrected chi connectivity index (χ2v) is 6.32.